The first kappa shape index (κ1) is 14.6. The summed E-state index contributed by atoms with van der Waals surface area (Å²) in [4.78, 5) is 5.04. The Morgan fingerprint density at radius 1 is 0.913 bits per heavy atom. The Hall–Kier alpha value is -1.94. The highest BCUT2D eigenvalue weighted by Gasteiger charge is 2.40. The Labute approximate surface area is 138 Å². The van der Waals surface area contributed by atoms with E-state index in [0.717, 1.165) is 42.0 Å². The highest BCUT2D eigenvalue weighted by Crippen LogP contribution is 2.33. The number of aromatic nitrogens is 2. The van der Waals surface area contributed by atoms with Gasteiger partial charge in [0.1, 0.15) is 0 Å². The summed E-state index contributed by atoms with van der Waals surface area (Å²) in [6, 6.07) is 14.5. The minimum Gasteiger partial charge on any atom is -0.354 e. The summed E-state index contributed by atoms with van der Waals surface area (Å²) in [6.45, 7) is 8.28. The fraction of sp³-hybridized carbons (Fsp3) is 0.474. The van der Waals surface area contributed by atoms with E-state index in [0.29, 0.717) is 0 Å². The number of benzene rings is 1. The molecule has 2 saturated heterocycles. The van der Waals surface area contributed by atoms with Crippen molar-refractivity contribution in [2.45, 2.75) is 13.3 Å². The average Bonchev–Trinajstić information content (AvgIpc) is 3.15. The molecule has 0 N–H and O–H groups in total. The average molecular weight is 308 g/mol. The molecule has 0 aliphatic carbocycles. The Morgan fingerprint density at radius 3 is 2.26 bits per heavy atom. The lowest BCUT2D eigenvalue weighted by atomic mass is 10.0. The molecule has 2 unspecified atom stereocenters. The van der Waals surface area contributed by atoms with Crippen LogP contribution in [0.25, 0.3) is 11.3 Å². The van der Waals surface area contributed by atoms with Crippen LogP contribution in [0, 0.1) is 11.8 Å². The van der Waals surface area contributed by atoms with Crippen LogP contribution in [-0.4, -0.2) is 47.8 Å². The van der Waals surface area contributed by atoms with E-state index in [-0.39, 0.29) is 0 Å². The molecule has 2 fully saturated rings. The molecule has 2 aliphatic heterocycles. The van der Waals surface area contributed by atoms with E-state index in [2.05, 4.69) is 51.2 Å². The van der Waals surface area contributed by atoms with Gasteiger partial charge in [-0.1, -0.05) is 37.3 Å². The molecule has 1 aromatic carbocycles. The first-order chi connectivity index (χ1) is 11.3. The summed E-state index contributed by atoms with van der Waals surface area (Å²) >= 11 is 0. The molecular formula is C19H24N4. The summed E-state index contributed by atoms with van der Waals surface area (Å²) in [5.41, 5.74) is 2.07. The van der Waals surface area contributed by atoms with Crippen molar-refractivity contribution in [3.8, 4) is 11.3 Å². The molecule has 4 nitrogen and oxygen atoms in total. The Balaban J connectivity index is 1.43. The van der Waals surface area contributed by atoms with Crippen molar-refractivity contribution in [3.63, 3.8) is 0 Å². The van der Waals surface area contributed by atoms with Gasteiger partial charge in [-0.2, -0.15) is 0 Å². The molecule has 23 heavy (non-hydrogen) atoms. The minimum atomic E-state index is 0.803. The third-order valence-electron chi connectivity index (χ3n) is 5.15. The van der Waals surface area contributed by atoms with Crippen molar-refractivity contribution in [2.75, 3.05) is 37.6 Å². The predicted molar refractivity (Wildman–Crippen MR) is 93.4 cm³/mol. The number of likely N-dealkylation sites (tertiary alicyclic amines) is 1. The number of anilines is 1. The fourth-order valence-electron chi connectivity index (χ4n) is 4.03. The van der Waals surface area contributed by atoms with Gasteiger partial charge in [0.15, 0.2) is 5.82 Å². The first-order valence-corrected chi connectivity index (χ1v) is 8.70. The summed E-state index contributed by atoms with van der Waals surface area (Å²) in [7, 11) is 0. The summed E-state index contributed by atoms with van der Waals surface area (Å²) in [5.74, 6) is 2.63. The van der Waals surface area contributed by atoms with E-state index in [9.17, 15) is 0 Å². The van der Waals surface area contributed by atoms with E-state index in [1.54, 1.807) is 0 Å². The van der Waals surface area contributed by atoms with E-state index in [4.69, 9.17) is 0 Å². The van der Waals surface area contributed by atoms with Gasteiger partial charge in [-0.25, -0.2) is 0 Å². The minimum absolute atomic E-state index is 0.803. The molecule has 4 rings (SSSR count). The third kappa shape index (κ3) is 2.95. The molecule has 0 spiro atoms. The van der Waals surface area contributed by atoms with E-state index < -0.39 is 0 Å². The Morgan fingerprint density at radius 2 is 1.65 bits per heavy atom. The summed E-state index contributed by atoms with van der Waals surface area (Å²) < 4.78 is 0. The highest BCUT2D eigenvalue weighted by molar-refractivity contribution is 5.59. The van der Waals surface area contributed by atoms with Gasteiger partial charge in [0.25, 0.3) is 0 Å². The van der Waals surface area contributed by atoms with Gasteiger partial charge < -0.3 is 9.80 Å². The smallest absolute Gasteiger partial charge is 0.151 e. The zero-order valence-electron chi connectivity index (χ0n) is 13.7. The lowest BCUT2D eigenvalue weighted by molar-refractivity contribution is 0.317. The van der Waals surface area contributed by atoms with Crippen LogP contribution in [0.1, 0.15) is 13.3 Å². The Kier molecular flexibility index (Phi) is 4.00. The first-order valence-electron chi connectivity index (χ1n) is 8.70. The van der Waals surface area contributed by atoms with Gasteiger partial charge in [0.05, 0.1) is 5.69 Å². The molecule has 0 amide bonds. The third-order valence-corrected chi connectivity index (χ3v) is 5.15. The van der Waals surface area contributed by atoms with Crippen molar-refractivity contribution < 1.29 is 0 Å². The number of nitrogens with zero attached hydrogens (tertiary/aromatic N) is 4. The highest BCUT2D eigenvalue weighted by atomic mass is 15.3. The van der Waals surface area contributed by atoms with Crippen molar-refractivity contribution in [1.29, 1.82) is 0 Å². The second-order valence-electron chi connectivity index (χ2n) is 6.83. The van der Waals surface area contributed by atoms with Crippen LogP contribution >= 0.6 is 0 Å². The number of fused-ring (bicyclic) bond motifs is 1. The zero-order valence-corrected chi connectivity index (χ0v) is 13.7. The van der Waals surface area contributed by atoms with Crippen molar-refractivity contribution in [1.82, 2.24) is 15.1 Å². The second-order valence-corrected chi connectivity index (χ2v) is 6.83. The quantitative estimate of drug-likeness (QED) is 0.869. The largest absolute Gasteiger partial charge is 0.354 e. The van der Waals surface area contributed by atoms with Crippen molar-refractivity contribution in [3.05, 3.63) is 42.5 Å². The van der Waals surface area contributed by atoms with Crippen LogP contribution in [0.5, 0.6) is 0 Å². The molecule has 0 radical (unpaired) electrons. The maximum atomic E-state index is 4.48. The molecule has 2 atom stereocenters. The topological polar surface area (TPSA) is 32.3 Å². The lowest BCUT2D eigenvalue weighted by Gasteiger charge is -2.21. The van der Waals surface area contributed by atoms with Gasteiger partial charge in [-0.05, 0) is 36.9 Å². The molecular weight excluding hydrogens is 284 g/mol. The fourth-order valence-corrected chi connectivity index (χ4v) is 4.03. The molecule has 0 bridgehead atoms. The van der Waals surface area contributed by atoms with Crippen LogP contribution in [0.4, 0.5) is 5.82 Å². The van der Waals surface area contributed by atoms with Gasteiger partial charge >= 0.3 is 0 Å². The number of hydrogen-bond donors (Lipinski definition) is 0. The lowest BCUT2D eigenvalue weighted by Crippen LogP contribution is -2.29. The van der Waals surface area contributed by atoms with Gasteiger partial charge in [-0.3, -0.25) is 0 Å². The van der Waals surface area contributed by atoms with Crippen LogP contribution in [-0.2, 0) is 0 Å². The standard InChI is InChI=1S/C19H24N4/c1-2-10-22-11-16-13-23(14-17(16)12-22)19-9-8-18(20-21-19)15-6-4-3-5-7-15/h3-9,16-17H,2,10-14H2,1H3. The molecule has 4 heteroatoms. The van der Waals surface area contributed by atoms with Gasteiger partial charge in [-0.15, -0.1) is 10.2 Å². The molecule has 1 aromatic heterocycles. The van der Waals surface area contributed by atoms with Crippen LogP contribution in [0.2, 0.25) is 0 Å². The van der Waals surface area contributed by atoms with Crippen LogP contribution < -0.4 is 4.90 Å². The molecule has 2 aromatic rings. The van der Waals surface area contributed by atoms with Gasteiger partial charge in [0, 0.05) is 31.7 Å². The van der Waals surface area contributed by atoms with Crippen molar-refractivity contribution in [2.24, 2.45) is 11.8 Å². The van der Waals surface area contributed by atoms with E-state index in [1.807, 2.05) is 18.2 Å². The molecule has 2 aliphatic rings. The van der Waals surface area contributed by atoms with Gasteiger partial charge in [0.2, 0.25) is 0 Å². The maximum absolute atomic E-state index is 4.48. The molecule has 120 valence electrons. The number of rotatable bonds is 4. The number of hydrogen-bond acceptors (Lipinski definition) is 4. The summed E-state index contributed by atoms with van der Waals surface area (Å²) in [6.07, 6.45) is 1.26. The normalized spacial score (nSPS) is 24.1. The van der Waals surface area contributed by atoms with Crippen LogP contribution in [0.3, 0.4) is 0 Å². The monoisotopic (exact) mass is 308 g/mol. The SMILES string of the molecule is CCCN1CC2CN(c3ccc(-c4ccccc4)nn3)CC2C1. The van der Waals surface area contributed by atoms with Crippen molar-refractivity contribution >= 4 is 5.82 Å². The van der Waals surface area contributed by atoms with E-state index in [1.165, 1.54) is 26.1 Å². The zero-order chi connectivity index (χ0) is 15.6. The van der Waals surface area contributed by atoms with E-state index >= 15 is 0 Å². The summed E-state index contributed by atoms with van der Waals surface area (Å²) in [5, 5.41) is 8.91. The maximum Gasteiger partial charge on any atom is 0.151 e. The second kappa shape index (κ2) is 6.28. The van der Waals surface area contributed by atoms with Crippen LogP contribution in [0.15, 0.2) is 42.5 Å². The molecule has 0 saturated carbocycles. The molecule has 3 heterocycles. The predicted octanol–water partition coefficient (Wildman–Crippen LogP) is 2.92. The Bertz CT molecular complexity index is 626.